The average molecular weight is 332 g/mol. The minimum atomic E-state index is 0.904. The number of nitrogens with zero attached hydrogens (tertiary/aromatic N) is 1. The van der Waals surface area contributed by atoms with Gasteiger partial charge in [0.25, 0.3) is 0 Å². The fraction of sp³-hybridized carbons (Fsp3) is 0.619. The van der Waals surface area contributed by atoms with Gasteiger partial charge in [-0.1, -0.05) is 23.3 Å². The van der Waals surface area contributed by atoms with Gasteiger partial charge < -0.3 is 9.15 Å². The van der Waals surface area contributed by atoms with E-state index < -0.39 is 0 Å². The van der Waals surface area contributed by atoms with Crippen molar-refractivity contribution in [2.24, 2.45) is 0 Å². The van der Waals surface area contributed by atoms with Crippen molar-refractivity contribution in [3.05, 3.63) is 47.5 Å². The second-order valence-electron chi connectivity index (χ2n) is 6.87. The van der Waals surface area contributed by atoms with Crippen molar-refractivity contribution in [1.29, 1.82) is 0 Å². The van der Waals surface area contributed by atoms with Crippen LogP contribution in [0.4, 0.5) is 0 Å². The Balaban J connectivity index is 1.54. The predicted octanol–water partition coefficient (Wildman–Crippen LogP) is 5.00. The summed E-state index contributed by atoms with van der Waals surface area (Å²) < 4.78 is 10.5. The molecule has 1 aromatic rings. The van der Waals surface area contributed by atoms with Gasteiger partial charge in [0, 0.05) is 13.1 Å². The standard InChI is InChI=1S/C21H33NO2/c1-19(8-4-10-21-11-15-24-18-21)6-3-7-20(2)9-5-12-22-13-16-23-17-14-22/h7-8,11,15,18H,3-6,9-10,12-14,16-17H2,1-2H3/b19-8+,20-7+. The molecule has 0 N–H and O–H groups in total. The Morgan fingerprint density at radius 1 is 1.08 bits per heavy atom. The number of hydrogen-bond donors (Lipinski definition) is 0. The highest BCUT2D eigenvalue weighted by molar-refractivity contribution is 5.08. The van der Waals surface area contributed by atoms with Crippen LogP contribution < -0.4 is 0 Å². The summed E-state index contributed by atoms with van der Waals surface area (Å²) in [6.07, 6.45) is 15.4. The Bertz CT molecular complexity index is 496. The molecule has 24 heavy (non-hydrogen) atoms. The molecule has 0 atom stereocenters. The van der Waals surface area contributed by atoms with E-state index in [9.17, 15) is 0 Å². The van der Waals surface area contributed by atoms with Gasteiger partial charge in [0.15, 0.2) is 0 Å². The number of morpholine rings is 1. The van der Waals surface area contributed by atoms with E-state index in [1.807, 2.05) is 12.3 Å². The van der Waals surface area contributed by atoms with E-state index >= 15 is 0 Å². The topological polar surface area (TPSA) is 25.6 Å². The van der Waals surface area contributed by atoms with E-state index in [0.717, 1.165) is 45.6 Å². The molecule has 0 aromatic carbocycles. The zero-order valence-corrected chi connectivity index (χ0v) is 15.4. The zero-order chi connectivity index (χ0) is 17.0. The van der Waals surface area contributed by atoms with Gasteiger partial charge in [-0.2, -0.15) is 0 Å². The lowest BCUT2D eigenvalue weighted by Gasteiger charge is -2.26. The van der Waals surface area contributed by atoms with Crippen LogP contribution in [-0.4, -0.2) is 37.7 Å². The van der Waals surface area contributed by atoms with E-state index in [2.05, 4.69) is 30.9 Å². The number of ether oxygens (including phenoxy) is 1. The second-order valence-corrected chi connectivity index (χ2v) is 6.87. The summed E-state index contributed by atoms with van der Waals surface area (Å²) in [5.74, 6) is 0. The number of hydrogen-bond acceptors (Lipinski definition) is 3. The quantitative estimate of drug-likeness (QED) is 0.564. The number of furan rings is 1. The summed E-state index contributed by atoms with van der Waals surface area (Å²) in [7, 11) is 0. The molecule has 2 heterocycles. The maximum absolute atomic E-state index is 5.39. The van der Waals surface area contributed by atoms with Gasteiger partial charge in [-0.25, -0.2) is 0 Å². The largest absolute Gasteiger partial charge is 0.472 e. The van der Waals surface area contributed by atoms with E-state index in [1.165, 1.54) is 42.5 Å². The third kappa shape index (κ3) is 7.98. The number of rotatable bonds is 10. The van der Waals surface area contributed by atoms with E-state index in [4.69, 9.17) is 9.15 Å². The van der Waals surface area contributed by atoms with Crippen LogP contribution in [0, 0.1) is 0 Å². The molecule has 3 nitrogen and oxygen atoms in total. The predicted molar refractivity (Wildman–Crippen MR) is 100 cm³/mol. The molecule has 0 bridgehead atoms. The highest BCUT2D eigenvalue weighted by Crippen LogP contribution is 2.13. The lowest BCUT2D eigenvalue weighted by molar-refractivity contribution is 0.0375. The van der Waals surface area contributed by atoms with Crippen LogP contribution >= 0.6 is 0 Å². The van der Waals surface area contributed by atoms with Gasteiger partial charge in [-0.05, 0) is 70.5 Å². The minimum absolute atomic E-state index is 0.904. The first-order chi connectivity index (χ1) is 11.7. The Kier molecular flexibility index (Phi) is 8.93. The van der Waals surface area contributed by atoms with E-state index in [0.29, 0.717) is 0 Å². The number of aryl methyl sites for hydroxylation is 1. The van der Waals surface area contributed by atoms with Gasteiger partial charge in [0.2, 0.25) is 0 Å². The highest BCUT2D eigenvalue weighted by atomic mass is 16.5. The van der Waals surface area contributed by atoms with Crippen molar-refractivity contribution in [3.8, 4) is 0 Å². The van der Waals surface area contributed by atoms with Crippen molar-refractivity contribution in [2.45, 2.75) is 52.4 Å². The number of allylic oxidation sites excluding steroid dienone is 4. The fourth-order valence-corrected chi connectivity index (χ4v) is 3.08. The Hall–Kier alpha value is -1.32. The van der Waals surface area contributed by atoms with Crippen LogP contribution in [0.5, 0.6) is 0 Å². The van der Waals surface area contributed by atoms with Crippen molar-refractivity contribution in [1.82, 2.24) is 4.90 Å². The van der Waals surface area contributed by atoms with Crippen LogP contribution in [0.1, 0.15) is 51.5 Å². The summed E-state index contributed by atoms with van der Waals surface area (Å²) in [5, 5.41) is 0. The van der Waals surface area contributed by atoms with Gasteiger partial charge >= 0.3 is 0 Å². The summed E-state index contributed by atoms with van der Waals surface area (Å²) in [6.45, 7) is 9.74. The van der Waals surface area contributed by atoms with Crippen LogP contribution in [0.15, 0.2) is 46.3 Å². The fourth-order valence-electron chi connectivity index (χ4n) is 3.08. The molecule has 1 aromatic heterocycles. The average Bonchev–Trinajstić information content (AvgIpc) is 3.09. The molecule has 0 saturated carbocycles. The first-order valence-corrected chi connectivity index (χ1v) is 9.36. The first kappa shape index (κ1) is 19.0. The lowest BCUT2D eigenvalue weighted by Crippen LogP contribution is -2.36. The van der Waals surface area contributed by atoms with Crippen molar-refractivity contribution in [3.63, 3.8) is 0 Å². The summed E-state index contributed by atoms with van der Waals surface area (Å²) in [5.41, 5.74) is 4.32. The summed E-state index contributed by atoms with van der Waals surface area (Å²) >= 11 is 0. The molecular formula is C21H33NO2. The SMILES string of the molecule is C/C(=C\CCc1ccoc1)CC/C=C(\C)CCCN1CCOCC1. The molecule has 1 saturated heterocycles. The molecule has 2 rings (SSSR count). The van der Waals surface area contributed by atoms with E-state index in [1.54, 1.807) is 6.26 Å². The molecule has 3 heteroatoms. The highest BCUT2D eigenvalue weighted by Gasteiger charge is 2.09. The Labute approximate surface area is 147 Å². The molecule has 1 aliphatic heterocycles. The summed E-state index contributed by atoms with van der Waals surface area (Å²) in [6, 6.07) is 2.05. The molecular weight excluding hydrogens is 298 g/mol. The maximum Gasteiger partial charge on any atom is 0.0934 e. The molecule has 1 fully saturated rings. The smallest absolute Gasteiger partial charge is 0.0934 e. The monoisotopic (exact) mass is 331 g/mol. The van der Waals surface area contributed by atoms with Crippen LogP contribution in [-0.2, 0) is 11.2 Å². The Morgan fingerprint density at radius 3 is 2.58 bits per heavy atom. The van der Waals surface area contributed by atoms with Crippen molar-refractivity contribution in [2.75, 3.05) is 32.8 Å². The molecule has 0 unspecified atom stereocenters. The van der Waals surface area contributed by atoms with Crippen LogP contribution in [0.25, 0.3) is 0 Å². The molecule has 134 valence electrons. The van der Waals surface area contributed by atoms with Gasteiger partial charge in [-0.3, -0.25) is 4.90 Å². The van der Waals surface area contributed by atoms with Gasteiger partial charge in [-0.15, -0.1) is 0 Å². The molecule has 0 aliphatic carbocycles. The van der Waals surface area contributed by atoms with Gasteiger partial charge in [0.05, 0.1) is 25.7 Å². The molecule has 0 amide bonds. The first-order valence-electron chi connectivity index (χ1n) is 9.36. The molecule has 1 aliphatic rings. The van der Waals surface area contributed by atoms with E-state index in [-0.39, 0.29) is 0 Å². The maximum atomic E-state index is 5.39. The van der Waals surface area contributed by atoms with Crippen LogP contribution in [0.3, 0.4) is 0 Å². The third-order valence-electron chi connectivity index (χ3n) is 4.69. The van der Waals surface area contributed by atoms with Crippen LogP contribution in [0.2, 0.25) is 0 Å². The van der Waals surface area contributed by atoms with Crippen molar-refractivity contribution >= 4 is 0 Å². The lowest BCUT2D eigenvalue weighted by atomic mass is 10.1. The van der Waals surface area contributed by atoms with Crippen molar-refractivity contribution < 1.29 is 9.15 Å². The zero-order valence-electron chi connectivity index (χ0n) is 15.4. The molecule has 0 spiro atoms. The molecule has 0 radical (unpaired) electrons. The normalized spacial score (nSPS) is 17.4. The minimum Gasteiger partial charge on any atom is -0.472 e. The third-order valence-corrected chi connectivity index (χ3v) is 4.69. The second kappa shape index (κ2) is 11.3. The summed E-state index contributed by atoms with van der Waals surface area (Å²) in [4.78, 5) is 2.52. The Morgan fingerprint density at radius 2 is 1.83 bits per heavy atom. The van der Waals surface area contributed by atoms with Gasteiger partial charge in [0.1, 0.15) is 0 Å².